The summed E-state index contributed by atoms with van der Waals surface area (Å²) < 4.78 is 51.1. The van der Waals surface area contributed by atoms with E-state index < -0.39 is 18.0 Å². The highest BCUT2D eigenvalue weighted by atomic mass is 19.4. The number of halogens is 3. The van der Waals surface area contributed by atoms with Crippen LogP contribution in [0.2, 0.25) is 0 Å². The lowest BCUT2D eigenvalue weighted by atomic mass is 10.0. The van der Waals surface area contributed by atoms with Crippen LogP contribution >= 0.6 is 0 Å². The van der Waals surface area contributed by atoms with Crippen LogP contribution in [0.4, 0.5) is 19.0 Å². The molecule has 204 valence electrons. The van der Waals surface area contributed by atoms with E-state index in [0.717, 1.165) is 12.0 Å². The van der Waals surface area contributed by atoms with Gasteiger partial charge in [-0.2, -0.15) is 23.5 Å². The maximum absolute atomic E-state index is 13.3. The monoisotopic (exact) mass is 535 g/mol. The van der Waals surface area contributed by atoms with Crippen LogP contribution in [0.1, 0.15) is 12.0 Å². The summed E-state index contributed by atoms with van der Waals surface area (Å²) >= 11 is 0. The Bertz CT molecular complexity index is 1100. The number of aromatic nitrogens is 1. The molecule has 4 rings (SSSR count). The van der Waals surface area contributed by atoms with Crippen molar-refractivity contribution in [1.82, 2.24) is 14.8 Å². The number of carbonyl (C=O) groups is 2. The molecule has 2 fully saturated rings. The van der Waals surface area contributed by atoms with Gasteiger partial charge in [-0.15, -0.1) is 5.11 Å². The average Bonchev–Trinajstić information content (AvgIpc) is 3.38. The number of pyridine rings is 1. The molecule has 3 aliphatic heterocycles. The second kappa shape index (κ2) is 12.3. The number of piperazine rings is 1. The van der Waals surface area contributed by atoms with Gasteiger partial charge in [0.1, 0.15) is 18.5 Å². The van der Waals surface area contributed by atoms with E-state index in [0.29, 0.717) is 57.9 Å². The van der Waals surface area contributed by atoms with E-state index in [1.54, 1.807) is 17.0 Å². The van der Waals surface area contributed by atoms with E-state index in [9.17, 15) is 22.8 Å². The zero-order valence-electron chi connectivity index (χ0n) is 20.6. The van der Waals surface area contributed by atoms with Crippen molar-refractivity contribution in [2.75, 3.05) is 70.6 Å². The van der Waals surface area contributed by atoms with Gasteiger partial charge in [0.05, 0.1) is 37.3 Å². The molecule has 0 radical (unpaired) electrons. The highest BCUT2D eigenvalue weighted by molar-refractivity contribution is 5.83. The SMILES string of the molecule is N#Cc1ccc(N2CCN(C(=O)COCCOCC3CCN(C4=CN=NC(=O)C4C(F)(F)F)C3)CC2)nc1. The summed E-state index contributed by atoms with van der Waals surface area (Å²) in [4.78, 5) is 33.7. The van der Waals surface area contributed by atoms with E-state index in [1.807, 2.05) is 6.07 Å². The van der Waals surface area contributed by atoms with Crippen LogP contribution in [-0.4, -0.2) is 98.5 Å². The number of carbonyl (C=O) groups excluding carboxylic acids is 2. The molecule has 0 bridgehead atoms. The highest BCUT2D eigenvalue weighted by Crippen LogP contribution is 2.38. The zero-order chi connectivity index (χ0) is 27.1. The molecule has 0 aromatic carbocycles. The van der Waals surface area contributed by atoms with Gasteiger partial charge in [-0.05, 0) is 18.6 Å². The molecule has 2 unspecified atom stereocenters. The predicted molar refractivity (Wildman–Crippen MR) is 127 cm³/mol. The van der Waals surface area contributed by atoms with Crippen molar-refractivity contribution in [1.29, 1.82) is 5.26 Å². The van der Waals surface area contributed by atoms with Gasteiger partial charge >= 0.3 is 6.18 Å². The summed E-state index contributed by atoms with van der Waals surface area (Å²) in [6.07, 6.45) is -1.56. The maximum atomic E-state index is 13.3. The standard InChI is InChI=1S/C24H28F3N7O4/c25-24(26,27)22-19(13-30-31-23(22)36)34-4-3-18(14-34)15-37-9-10-38-16-21(35)33-7-5-32(6-8-33)20-2-1-17(11-28)12-29-20/h1-2,12-13,18,22H,3-10,14-16H2. The summed E-state index contributed by atoms with van der Waals surface area (Å²) in [6.45, 7) is 3.76. The summed E-state index contributed by atoms with van der Waals surface area (Å²) in [5.41, 5.74) is 0.326. The Balaban J connectivity index is 1.09. The quantitative estimate of drug-likeness (QED) is 0.440. The molecule has 2 atom stereocenters. The lowest BCUT2D eigenvalue weighted by Gasteiger charge is -2.35. The molecule has 2 saturated heterocycles. The predicted octanol–water partition coefficient (Wildman–Crippen LogP) is 1.97. The van der Waals surface area contributed by atoms with Gasteiger partial charge in [-0.3, -0.25) is 9.59 Å². The Hall–Kier alpha value is -3.57. The first-order valence-electron chi connectivity index (χ1n) is 12.3. The van der Waals surface area contributed by atoms with Crippen molar-refractivity contribution >= 4 is 17.6 Å². The smallest absolute Gasteiger partial charge is 0.379 e. The van der Waals surface area contributed by atoms with Crippen molar-refractivity contribution in [3.05, 3.63) is 35.8 Å². The van der Waals surface area contributed by atoms with E-state index in [-0.39, 0.29) is 37.3 Å². The number of amides is 2. The third kappa shape index (κ3) is 6.84. The Morgan fingerprint density at radius 2 is 1.87 bits per heavy atom. The van der Waals surface area contributed by atoms with Gasteiger partial charge in [0.25, 0.3) is 5.91 Å². The molecule has 1 aromatic heterocycles. The Morgan fingerprint density at radius 3 is 2.55 bits per heavy atom. The fourth-order valence-electron chi connectivity index (χ4n) is 4.62. The van der Waals surface area contributed by atoms with Gasteiger partial charge < -0.3 is 24.2 Å². The number of likely N-dealkylation sites (tertiary alicyclic amines) is 1. The first kappa shape index (κ1) is 27.5. The molecule has 0 aliphatic carbocycles. The second-order valence-electron chi connectivity index (χ2n) is 9.20. The fourth-order valence-corrected chi connectivity index (χ4v) is 4.62. The Morgan fingerprint density at radius 1 is 1.11 bits per heavy atom. The van der Waals surface area contributed by atoms with Gasteiger partial charge in [0.15, 0.2) is 5.92 Å². The molecule has 38 heavy (non-hydrogen) atoms. The molecule has 0 spiro atoms. The van der Waals surface area contributed by atoms with Crippen LogP contribution < -0.4 is 4.90 Å². The van der Waals surface area contributed by atoms with E-state index in [1.165, 1.54) is 11.1 Å². The number of nitriles is 1. The molecular formula is C24H28F3N7O4. The van der Waals surface area contributed by atoms with Crippen molar-refractivity contribution in [3.8, 4) is 6.07 Å². The van der Waals surface area contributed by atoms with Crippen LogP contribution in [0.25, 0.3) is 0 Å². The second-order valence-corrected chi connectivity index (χ2v) is 9.20. The molecule has 2 amide bonds. The van der Waals surface area contributed by atoms with Crippen molar-refractivity contribution < 1.29 is 32.2 Å². The topological polar surface area (TPSA) is 124 Å². The number of nitrogens with zero attached hydrogens (tertiary/aromatic N) is 7. The van der Waals surface area contributed by atoms with Crippen LogP contribution in [0.5, 0.6) is 0 Å². The molecule has 11 nitrogen and oxygen atoms in total. The van der Waals surface area contributed by atoms with Crippen LogP contribution in [0.15, 0.2) is 40.5 Å². The zero-order valence-corrected chi connectivity index (χ0v) is 20.6. The first-order chi connectivity index (χ1) is 18.3. The molecule has 3 aliphatic rings. The number of anilines is 1. The molecule has 0 saturated carbocycles. The van der Waals surface area contributed by atoms with Crippen molar-refractivity contribution in [2.24, 2.45) is 22.1 Å². The summed E-state index contributed by atoms with van der Waals surface area (Å²) in [6, 6.07) is 5.54. The number of rotatable bonds is 9. The van der Waals surface area contributed by atoms with Gasteiger partial charge in [-0.1, -0.05) is 0 Å². The minimum absolute atomic E-state index is 0.00211. The summed E-state index contributed by atoms with van der Waals surface area (Å²) in [7, 11) is 0. The lowest BCUT2D eigenvalue weighted by Crippen LogP contribution is -2.50. The lowest BCUT2D eigenvalue weighted by molar-refractivity contribution is -0.176. The van der Waals surface area contributed by atoms with Gasteiger partial charge in [0, 0.05) is 51.4 Å². The van der Waals surface area contributed by atoms with E-state index in [4.69, 9.17) is 14.7 Å². The third-order valence-electron chi connectivity index (χ3n) is 6.65. The maximum Gasteiger partial charge on any atom is 0.406 e. The Kier molecular flexibility index (Phi) is 8.90. The van der Waals surface area contributed by atoms with Crippen molar-refractivity contribution in [2.45, 2.75) is 12.6 Å². The Labute approximate surface area is 217 Å². The third-order valence-corrected chi connectivity index (χ3v) is 6.65. The normalized spacial score (nSPS) is 22.0. The molecule has 4 heterocycles. The van der Waals surface area contributed by atoms with E-state index >= 15 is 0 Å². The summed E-state index contributed by atoms with van der Waals surface area (Å²) in [5, 5.41) is 15.3. The van der Waals surface area contributed by atoms with E-state index in [2.05, 4.69) is 20.1 Å². The molecule has 1 aromatic rings. The van der Waals surface area contributed by atoms with Crippen LogP contribution in [-0.2, 0) is 19.1 Å². The number of ether oxygens (including phenoxy) is 2. The highest BCUT2D eigenvalue weighted by Gasteiger charge is 2.50. The van der Waals surface area contributed by atoms with Gasteiger partial charge in [0.2, 0.25) is 5.91 Å². The average molecular weight is 536 g/mol. The number of hydrogen-bond donors (Lipinski definition) is 0. The van der Waals surface area contributed by atoms with Crippen LogP contribution in [0.3, 0.4) is 0 Å². The minimum Gasteiger partial charge on any atom is -0.379 e. The fraction of sp³-hybridized carbons (Fsp3) is 0.583. The molecular weight excluding hydrogens is 507 g/mol. The first-order valence-corrected chi connectivity index (χ1v) is 12.3. The number of azo groups is 1. The van der Waals surface area contributed by atoms with Gasteiger partial charge in [-0.25, -0.2) is 4.98 Å². The minimum atomic E-state index is -4.72. The van der Waals surface area contributed by atoms with Crippen LogP contribution in [0, 0.1) is 23.2 Å². The largest absolute Gasteiger partial charge is 0.406 e. The number of alkyl halides is 3. The molecule has 0 N–H and O–H groups in total. The molecule has 14 heteroatoms. The number of hydrogen-bond acceptors (Lipinski definition) is 9. The van der Waals surface area contributed by atoms with Crippen molar-refractivity contribution in [3.63, 3.8) is 0 Å². The summed E-state index contributed by atoms with van der Waals surface area (Å²) in [5.74, 6) is -2.92.